The van der Waals surface area contributed by atoms with Crippen LogP contribution in [0, 0.1) is 17.8 Å². The van der Waals surface area contributed by atoms with E-state index in [1.807, 2.05) is 0 Å². The molecule has 2 amide bonds. The molecule has 4 atom stereocenters. The van der Waals surface area contributed by atoms with Gasteiger partial charge in [-0.3, -0.25) is 9.59 Å². The van der Waals surface area contributed by atoms with Gasteiger partial charge in [0, 0.05) is 13.0 Å². The molecule has 0 radical (unpaired) electrons. The maximum absolute atomic E-state index is 11.6. The highest BCUT2D eigenvalue weighted by Gasteiger charge is 2.39. The summed E-state index contributed by atoms with van der Waals surface area (Å²) in [4.78, 5) is 22.4. The van der Waals surface area contributed by atoms with Gasteiger partial charge in [0.05, 0.1) is 6.54 Å². The van der Waals surface area contributed by atoms with Crippen molar-refractivity contribution in [3.05, 3.63) is 0 Å². The smallest absolute Gasteiger partial charge is 0.239 e. The average Bonchev–Trinajstić information content (AvgIpc) is 2.51. The summed E-state index contributed by atoms with van der Waals surface area (Å²) in [6.07, 6.45) is 4.95. The van der Waals surface area contributed by atoms with Crippen molar-refractivity contribution in [3.63, 3.8) is 0 Å². The highest BCUT2D eigenvalue weighted by atomic mass is 16.2. The van der Waals surface area contributed by atoms with Crippen molar-refractivity contribution in [3.8, 4) is 0 Å². The minimum atomic E-state index is -0.154. The van der Waals surface area contributed by atoms with Gasteiger partial charge in [-0.15, -0.1) is 0 Å². The molecule has 0 aromatic heterocycles. The summed E-state index contributed by atoms with van der Waals surface area (Å²) in [5.41, 5.74) is 0. The molecular formula is C13H22N2O2. The summed E-state index contributed by atoms with van der Waals surface area (Å²) in [5.74, 6) is 2.06. The first-order valence-corrected chi connectivity index (χ1v) is 6.58. The molecule has 2 rings (SSSR count). The van der Waals surface area contributed by atoms with E-state index in [1.54, 1.807) is 0 Å². The maximum Gasteiger partial charge on any atom is 0.239 e. The Labute approximate surface area is 103 Å². The fraction of sp³-hybridized carbons (Fsp3) is 0.846. The van der Waals surface area contributed by atoms with Crippen molar-refractivity contribution < 1.29 is 9.59 Å². The van der Waals surface area contributed by atoms with Gasteiger partial charge in [0.15, 0.2) is 0 Å². The highest BCUT2D eigenvalue weighted by Crippen LogP contribution is 2.44. The Morgan fingerprint density at radius 2 is 1.94 bits per heavy atom. The van der Waals surface area contributed by atoms with Crippen molar-refractivity contribution in [1.82, 2.24) is 10.6 Å². The molecule has 4 unspecified atom stereocenters. The van der Waals surface area contributed by atoms with E-state index in [-0.39, 0.29) is 18.4 Å². The third kappa shape index (κ3) is 3.20. The van der Waals surface area contributed by atoms with Crippen LogP contribution in [0.4, 0.5) is 0 Å². The van der Waals surface area contributed by atoms with E-state index in [1.165, 1.54) is 26.2 Å². The zero-order chi connectivity index (χ0) is 12.4. The van der Waals surface area contributed by atoms with Gasteiger partial charge in [0.25, 0.3) is 0 Å². The predicted octanol–water partition coefficient (Wildman–Crippen LogP) is 1.06. The van der Waals surface area contributed by atoms with Crippen LogP contribution in [0.2, 0.25) is 0 Å². The molecule has 0 aliphatic heterocycles. The quantitative estimate of drug-likeness (QED) is 0.772. The van der Waals surface area contributed by atoms with Gasteiger partial charge in [0.1, 0.15) is 0 Å². The number of hydrogen-bond donors (Lipinski definition) is 2. The summed E-state index contributed by atoms with van der Waals surface area (Å²) >= 11 is 0. The van der Waals surface area contributed by atoms with Crippen LogP contribution in [0.3, 0.4) is 0 Å². The van der Waals surface area contributed by atoms with Crippen molar-refractivity contribution in [2.24, 2.45) is 17.8 Å². The van der Waals surface area contributed by atoms with Crippen molar-refractivity contribution in [2.75, 3.05) is 6.54 Å². The molecule has 96 valence electrons. The van der Waals surface area contributed by atoms with E-state index < -0.39 is 0 Å². The van der Waals surface area contributed by atoms with Gasteiger partial charge in [0.2, 0.25) is 11.8 Å². The monoisotopic (exact) mass is 238 g/mol. The molecule has 2 fully saturated rings. The largest absolute Gasteiger partial charge is 0.352 e. The second-order valence-corrected chi connectivity index (χ2v) is 5.76. The number of amides is 2. The lowest BCUT2D eigenvalue weighted by Crippen LogP contribution is -2.43. The molecular weight excluding hydrogens is 216 g/mol. The molecule has 0 spiro atoms. The van der Waals surface area contributed by atoms with Crippen molar-refractivity contribution in [1.29, 1.82) is 0 Å². The van der Waals surface area contributed by atoms with Gasteiger partial charge in [-0.05, 0) is 43.4 Å². The minimum absolute atomic E-state index is 0.0506. The molecule has 4 heteroatoms. The average molecular weight is 238 g/mol. The van der Waals surface area contributed by atoms with E-state index in [4.69, 9.17) is 0 Å². The number of fused-ring (bicyclic) bond motifs is 2. The van der Waals surface area contributed by atoms with E-state index >= 15 is 0 Å². The molecule has 0 aromatic carbocycles. The molecule has 4 nitrogen and oxygen atoms in total. The molecule has 2 N–H and O–H groups in total. The summed E-state index contributed by atoms with van der Waals surface area (Å²) in [7, 11) is 0. The standard InChI is InChI=1S/C13H22N2O2/c1-8-3-10-5-11(4-8)12(6-10)15-13(17)7-14-9(2)16/h8,10-12H,3-7H2,1-2H3,(H,14,16)(H,15,17). The van der Waals surface area contributed by atoms with Crippen LogP contribution in [0.1, 0.15) is 39.5 Å². The molecule has 2 aliphatic carbocycles. The Kier molecular flexibility index (Phi) is 3.69. The van der Waals surface area contributed by atoms with Crippen LogP contribution in [-0.2, 0) is 9.59 Å². The lowest BCUT2D eigenvalue weighted by Gasteiger charge is -2.26. The molecule has 0 heterocycles. The molecule has 2 bridgehead atoms. The fourth-order valence-electron chi connectivity index (χ4n) is 3.51. The van der Waals surface area contributed by atoms with Crippen LogP contribution in [-0.4, -0.2) is 24.4 Å². The second-order valence-electron chi connectivity index (χ2n) is 5.76. The van der Waals surface area contributed by atoms with Gasteiger partial charge in [-0.2, -0.15) is 0 Å². The Morgan fingerprint density at radius 3 is 2.65 bits per heavy atom. The zero-order valence-electron chi connectivity index (χ0n) is 10.7. The molecule has 17 heavy (non-hydrogen) atoms. The predicted molar refractivity (Wildman–Crippen MR) is 65.2 cm³/mol. The molecule has 0 aromatic rings. The third-order valence-corrected chi connectivity index (χ3v) is 4.08. The first-order valence-electron chi connectivity index (χ1n) is 6.58. The Bertz CT molecular complexity index is 317. The number of hydrogen-bond acceptors (Lipinski definition) is 2. The first-order chi connectivity index (χ1) is 8.04. The zero-order valence-corrected chi connectivity index (χ0v) is 10.7. The Morgan fingerprint density at radius 1 is 1.18 bits per heavy atom. The van der Waals surface area contributed by atoms with Crippen LogP contribution in [0.5, 0.6) is 0 Å². The minimum Gasteiger partial charge on any atom is -0.352 e. The summed E-state index contributed by atoms with van der Waals surface area (Å²) in [6, 6.07) is 0.339. The number of nitrogens with one attached hydrogen (secondary N) is 2. The summed E-state index contributed by atoms with van der Waals surface area (Å²) in [5, 5.41) is 5.61. The van der Waals surface area contributed by atoms with E-state index in [9.17, 15) is 9.59 Å². The topological polar surface area (TPSA) is 58.2 Å². The highest BCUT2D eigenvalue weighted by molar-refractivity contribution is 5.83. The van der Waals surface area contributed by atoms with Gasteiger partial charge >= 0.3 is 0 Å². The van der Waals surface area contributed by atoms with Gasteiger partial charge in [-0.25, -0.2) is 0 Å². The summed E-state index contributed by atoms with van der Waals surface area (Å²) < 4.78 is 0. The number of carbonyl (C=O) groups is 2. The van der Waals surface area contributed by atoms with Gasteiger partial charge in [-0.1, -0.05) is 6.92 Å². The van der Waals surface area contributed by atoms with Crippen LogP contribution < -0.4 is 10.6 Å². The SMILES string of the molecule is CC(=O)NCC(=O)NC1CC2CC(C)CC1C2. The molecule has 2 saturated carbocycles. The van der Waals surface area contributed by atoms with Crippen molar-refractivity contribution >= 4 is 11.8 Å². The van der Waals surface area contributed by atoms with E-state index in [0.717, 1.165) is 18.3 Å². The first kappa shape index (κ1) is 12.4. The molecule has 2 aliphatic rings. The third-order valence-electron chi connectivity index (χ3n) is 4.08. The lowest BCUT2D eigenvalue weighted by atomic mass is 9.82. The van der Waals surface area contributed by atoms with Crippen LogP contribution in [0.25, 0.3) is 0 Å². The maximum atomic E-state index is 11.6. The van der Waals surface area contributed by atoms with E-state index in [0.29, 0.717) is 12.0 Å². The molecule has 0 saturated heterocycles. The Hall–Kier alpha value is -1.06. The van der Waals surface area contributed by atoms with Crippen molar-refractivity contribution in [2.45, 2.75) is 45.6 Å². The van der Waals surface area contributed by atoms with Gasteiger partial charge < -0.3 is 10.6 Å². The normalized spacial score (nSPS) is 35.4. The second kappa shape index (κ2) is 5.07. The Balaban J connectivity index is 1.80. The summed E-state index contributed by atoms with van der Waals surface area (Å²) in [6.45, 7) is 3.84. The number of carbonyl (C=O) groups excluding carboxylic acids is 2. The lowest BCUT2D eigenvalue weighted by molar-refractivity contribution is -0.125. The number of rotatable bonds is 3. The van der Waals surface area contributed by atoms with Crippen LogP contribution in [0.15, 0.2) is 0 Å². The fourth-order valence-corrected chi connectivity index (χ4v) is 3.51. The van der Waals surface area contributed by atoms with Crippen LogP contribution >= 0.6 is 0 Å². The van der Waals surface area contributed by atoms with E-state index in [2.05, 4.69) is 17.6 Å².